The molecule has 0 aliphatic rings. The fourth-order valence-electron chi connectivity index (χ4n) is 2.46. The molecule has 1 heterocycles. The number of anilines is 2. The number of hydrogen-bond acceptors (Lipinski definition) is 4. The van der Waals surface area contributed by atoms with E-state index in [1.165, 1.54) is 4.57 Å². The van der Waals surface area contributed by atoms with Crippen molar-refractivity contribution in [1.82, 2.24) is 14.9 Å². The molecule has 0 saturated carbocycles. The van der Waals surface area contributed by atoms with Crippen molar-refractivity contribution in [3.8, 4) is 0 Å². The molecule has 0 unspecified atom stereocenters. The van der Waals surface area contributed by atoms with Crippen molar-refractivity contribution < 1.29 is 0 Å². The lowest BCUT2D eigenvalue weighted by atomic mass is 10.2. The number of thiocarbonyl (C=S) groups is 1. The van der Waals surface area contributed by atoms with Gasteiger partial charge in [0.05, 0.1) is 0 Å². The second-order valence-corrected chi connectivity index (χ2v) is 6.08. The minimum atomic E-state index is -0.498. The predicted octanol–water partition coefficient (Wildman–Crippen LogP) is 1.81. The Balaban J connectivity index is 3.31. The van der Waals surface area contributed by atoms with Gasteiger partial charge >= 0.3 is 5.69 Å². The Labute approximate surface area is 148 Å². The molecule has 1 aromatic heterocycles. The third kappa shape index (κ3) is 5.09. The molecular formula is C16H29N5O2S. The quantitative estimate of drug-likeness (QED) is 0.462. The summed E-state index contributed by atoms with van der Waals surface area (Å²) < 4.78 is 1.42. The summed E-state index contributed by atoms with van der Waals surface area (Å²) in [5, 5.41) is 3.51. The topological polar surface area (TPSA) is 96.2 Å². The van der Waals surface area contributed by atoms with Crippen molar-refractivity contribution >= 4 is 28.8 Å². The maximum absolute atomic E-state index is 12.4. The molecule has 8 heteroatoms. The van der Waals surface area contributed by atoms with E-state index in [1.807, 2.05) is 13.8 Å². The van der Waals surface area contributed by atoms with E-state index in [2.05, 4.69) is 17.2 Å². The molecule has 1 rings (SSSR count). The number of nitrogens with two attached hydrogens (primary N) is 1. The van der Waals surface area contributed by atoms with E-state index in [-0.39, 0.29) is 11.5 Å². The molecule has 4 N–H and O–H groups in total. The predicted molar refractivity (Wildman–Crippen MR) is 104 cm³/mol. The van der Waals surface area contributed by atoms with Crippen molar-refractivity contribution in [2.45, 2.75) is 59.4 Å². The second-order valence-electron chi connectivity index (χ2n) is 5.69. The fourth-order valence-corrected chi connectivity index (χ4v) is 2.78. The maximum Gasteiger partial charge on any atom is 0.330 e. The number of aromatic nitrogens is 2. The highest BCUT2D eigenvalue weighted by molar-refractivity contribution is 7.80. The summed E-state index contributed by atoms with van der Waals surface area (Å²) in [5.41, 5.74) is 5.46. The fraction of sp³-hybridized carbons (Fsp3) is 0.688. The monoisotopic (exact) mass is 355 g/mol. The van der Waals surface area contributed by atoms with Crippen LogP contribution in [0.4, 0.5) is 11.5 Å². The Kier molecular flexibility index (Phi) is 8.53. The zero-order valence-electron chi connectivity index (χ0n) is 14.9. The smallest absolute Gasteiger partial charge is 0.330 e. The van der Waals surface area contributed by atoms with Crippen LogP contribution in [0.25, 0.3) is 0 Å². The number of nitrogens with zero attached hydrogens (tertiary/aromatic N) is 2. The third-order valence-corrected chi connectivity index (χ3v) is 4.14. The van der Waals surface area contributed by atoms with E-state index >= 15 is 0 Å². The second kappa shape index (κ2) is 10.1. The van der Waals surface area contributed by atoms with Crippen LogP contribution in [0, 0.1) is 0 Å². The van der Waals surface area contributed by atoms with Crippen molar-refractivity contribution in [3.63, 3.8) is 0 Å². The van der Waals surface area contributed by atoms with Gasteiger partial charge in [0.25, 0.3) is 5.56 Å². The summed E-state index contributed by atoms with van der Waals surface area (Å²) in [6.07, 6.45) is 4.70. The van der Waals surface area contributed by atoms with Crippen LogP contribution in [0.5, 0.6) is 0 Å². The molecule has 0 bridgehead atoms. The lowest BCUT2D eigenvalue weighted by Crippen LogP contribution is -2.45. The minimum absolute atomic E-state index is 0.175. The largest absolute Gasteiger partial charge is 0.383 e. The van der Waals surface area contributed by atoms with Crippen molar-refractivity contribution in [1.29, 1.82) is 0 Å². The zero-order chi connectivity index (χ0) is 18.1. The molecule has 136 valence electrons. The van der Waals surface area contributed by atoms with Gasteiger partial charge in [-0.05, 0) is 32.0 Å². The van der Waals surface area contributed by atoms with Gasteiger partial charge in [-0.2, -0.15) is 0 Å². The number of aromatic amines is 1. The first-order valence-corrected chi connectivity index (χ1v) is 9.06. The van der Waals surface area contributed by atoms with Gasteiger partial charge in [-0.3, -0.25) is 14.3 Å². The third-order valence-electron chi connectivity index (χ3n) is 3.78. The minimum Gasteiger partial charge on any atom is -0.383 e. The molecule has 0 aliphatic carbocycles. The van der Waals surface area contributed by atoms with Crippen LogP contribution in [0.1, 0.15) is 52.9 Å². The molecule has 0 radical (unpaired) electrons. The van der Waals surface area contributed by atoms with Gasteiger partial charge in [0.1, 0.15) is 5.82 Å². The highest BCUT2D eigenvalue weighted by Gasteiger charge is 2.21. The summed E-state index contributed by atoms with van der Waals surface area (Å²) in [5.74, 6) is 0.175. The number of nitrogens with one attached hydrogen (secondary N) is 2. The average Bonchev–Trinajstić information content (AvgIpc) is 2.53. The SMILES string of the molecule is CCCCCN(C(=S)NCC)c1c(N)n(CCCC)c(=O)[nH]c1=O. The van der Waals surface area contributed by atoms with Gasteiger partial charge in [0.15, 0.2) is 10.8 Å². The van der Waals surface area contributed by atoms with Gasteiger partial charge in [-0.15, -0.1) is 0 Å². The number of hydrogen-bond donors (Lipinski definition) is 3. The van der Waals surface area contributed by atoms with E-state index < -0.39 is 11.2 Å². The summed E-state index contributed by atoms with van der Waals surface area (Å²) in [6, 6.07) is 0. The van der Waals surface area contributed by atoms with Gasteiger partial charge in [0.2, 0.25) is 0 Å². The Hall–Kier alpha value is -1.83. The van der Waals surface area contributed by atoms with E-state index in [1.54, 1.807) is 4.90 Å². The lowest BCUT2D eigenvalue weighted by molar-refractivity contribution is 0.603. The lowest BCUT2D eigenvalue weighted by Gasteiger charge is -2.27. The van der Waals surface area contributed by atoms with Crippen LogP contribution in [0.15, 0.2) is 9.59 Å². The normalized spacial score (nSPS) is 10.6. The highest BCUT2D eigenvalue weighted by atomic mass is 32.1. The Morgan fingerprint density at radius 1 is 1.21 bits per heavy atom. The Morgan fingerprint density at radius 3 is 2.46 bits per heavy atom. The summed E-state index contributed by atoms with van der Waals surface area (Å²) in [6.45, 7) is 7.79. The van der Waals surface area contributed by atoms with Crippen LogP contribution in [-0.4, -0.2) is 27.8 Å². The molecule has 1 aromatic rings. The van der Waals surface area contributed by atoms with E-state index in [9.17, 15) is 9.59 Å². The molecule has 24 heavy (non-hydrogen) atoms. The van der Waals surface area contributed by atoms with Crippen molar-refractivity contribution in [3.05, 3.63) is 20.8 Å². The van der Waals surface area contributed by atoms with Crippen LogP contribution >= 0.6 is 12.2 Å². The van der Waals surface area contributed by atoms with E-state index in [4.69, 9.17) is 18.0 Å². The number of nitrogen functional groups attached to an aromatic ring is 1. The molecule has 0 saturated heterocycles. The van der Waals surface area contributed by atoms with E-state index in [0.29, 0.717) is 24.7 Å². The molecule has 0 aliphatic heterocycles. The number of unbranched alkanes of at least 4 members (excludes halogenated alkanes) is 3. The molecule has 0 atom stereocenters. The first-order chi connectivity index (χ1) is 11.5. The molecule has 0 amide bonds. The summed E-state index contributed by atoms with van der Waals surface area (Å²) in [7, 11) is 0. The van der Waals surface area contributed by atoms with Crippen LogP contribution < -0.4 is 27.2 Å². The van der Waals surface area contributed by atoms with Crippen LogP contribution in [0.3, 0.4) is 0 Å². The van der Waals surface area contributed by atoms with Crippen LogP contribution in [0.2, 0.25) is 0 Å². The Morgan fingerprint density at radius 2 is 1.88 bits per heavy atom. The number of rotatable bonds is 9. The van der Waals surface area contributed by atoms with Crippen molar-refractivity contribution in [2.24, 2.45) is 0 Å². The molecular weight excluding hydrogens is 326 g/mol. The summed E-state index contributed by atoms with van der Waals surface area (Å²) >= 11 is 5.41. The van der Waals surface area contributed by atoms with E-state index in [0.717, 1.165) is 32.1 Å². The maximum atomic E-state index is 12.4. The first kappa shape index (κ1) is 20.2. The Bertz CT molecular complexity index is 653. The van der Waals surface area contributed by atoms with Crippen LogP contribution in [-0.2, 0) is 6.54 Å². The summed E-state index contributed by atoms with van der Waals surface area (Å²) in [4.78, 5) is 28.5. The zero-order valence-corrected chi connectivity index (χ0v) is 15.7. The van der Waals surface area contributed by atoms with Gasteiger partial charge in [0, 0.05) is 19.6 Å². The van der Waals surface area contributed by atoms with Gasteiger partial charge in [-0.25, -0.2) is 4.79 Å². The molecule has 0 spiro atoms. The van der Waals surface area contributed by atoms with Gasteiger partial charge in [-0.1, -0.05) is 33.1 Å². The standard InChI is InChI=1S/C16H29N5O2S/c1-4-7-9-11-20(16(24)18-6-3)12-13(17)21(10-8-5-2)15(23)19-14(12)22/h4-11,17H2,1-3H3,(H,18,24)(H,19,22,23). The average molecular weight is 356 g/mol. The number of H-pyrrole nitrogens is 1. The molecule has 0 aromatic carbocycles. The van der Waals surface area contributed by atoms with Crippen molar-refractivity contribution in [2.75, 3.05) is 23.7 Å². The first-order valence-electron chi connectivity index (χ1n) is 8.65. The molecule has 7 nitrogen and oxygen atoms in total. The highest BCUT2D eigenvalue weighted by Crippen LogP contribution is 2.18. The van der Waals surface area contributed by atoms with Gasteiger partial charge < -0.3 is 16.0 Å². The molecule has 0 fully saturated rings.